The zero-order chi connectivity index (χ0) is 13.9. The molecule has 1 atom stereocenters. The molecule has 0 saturated carbocycles. The van der Waals surface area contributed by atoms with Crippen molar-refractivity contribution >= 4 is 21.6 Å². The first kappa shape index (κ1) is 13.2. The Hall–Kier alpha value is -1.79. The smallest absolute Gasteiger partial charge is 0.0991 e. The Morgan fingerprint density at radius 1 is 1.15 bits per heavy atom. The Labute approximate surface area is 127 Å². The normalized spacial score (nSPS) is 18.0. The van der Waals surface area contributed by atoms with Gasteiger partial charge in [-0.05, 0) is 54.8 Å². The van der Waals surface area contributed by atoms with Gasteiger partial charge < -0.3 is 4.90 Å². The van der Waals surface area contributed by atoms with Crippen LogP contribution in [0.25, 0.3) is 0 Å². The predicted octanol–water partition coefficient (Wildman–Crippen LogP) is 4.66. The molecule has 0 spiro atoms. The fourth-order valence-electron chi connectivity index (χ4n) is 2.86. The molecule has 1 heterocycles. The van der Waals surface area contributed by atoms with Gasteiger partial charge in [0.05, 0.1) is 17.7 Å². The molecule has 0 N–H and O–H groups in total. The van der Waals surface area contributed by atoms with E-state index in [4.69, 9.17) is 5.26 Å². The highest BCUT2D eigenvalue weighted by molar-refractivity contribution is 9.10. The number of nitrogens with zero attached hydrogens (tertiary/aromatic N) is 2. The zero-order valence-corrected chi connectivity index (χ0v) is 12.7. The summed E-state index contributed by atoms with van der Waals surface area (Å²) >= 11 is 3.55. The van der Waals surface area contributed by atoms with Gasteiger partial charge in [-0.3, -0.25) is 0 Å². The van der Waals surface area contributed by atoms with E-state index in [1.54, 1.807) is 0 Å². The van der Waals surface area contributed by atoms with Crippen LogP contribution in [0, 0.1) is 11.3 Å². The van der Waals surface area contributed by atoms with Crippen LogP contribution in [0.15, 0.2) is 53.0 Å². The van der Waals surface area contributed by atoms with E-state index < -0.39 is 0 Å². The molecule has 1 saturated heterocycles. The highest BCUT2D eigenvalue weighted by Gasteiger charge is 2.26. The van der Waals surface area contributed by atoms with E-state index in [2.05, 4.69) is 63.3 Å². The third kappa shape index (κ3) is 2.57. The number of anilines is 1. The van der Waals surface area contributed by atoms with Crippen molar-refractivity contribution in [3.63, 3.8) is 0 Å². The standard InChI is InChI=1S/C17H15BrN2/c18-15-4-1-3-14(11-15)17-5-2-10-20(17)16-8-6-13(12-19)7-9-16/h1,3-4,6-9,11,17H,2,5,10H2. The molecule has 100 valence electrons. The Kier molecular flexibility index (Phi) is 3.75. The number of rotatable bonds is 2. The maximum atomic E-state index is 8.89. The third-order valence-corrected chi connectivity index (χ3v) is 4.31. The van der Waals surface area contributed by atoms with Gasteiger partial charge in [0.15, 0.2) is 0 Å². The SMILES string of the molecule is N#Cc1ccc(N2CCCC2c2cccc(Br)c2)cc1. The number of halogens is 1. The molecule has 0 amide bonds. The van der Waals surface area contributed by atoms with Gasteiger partial charge in [-0.1, -0.05) is 28.1 Å². The number of hydrogen-bond acceptors (Lipinski definition) is 2. The minimum atomic E-state index is 0.431. The first-order chi connectivity index (χ1) is 9.78. The second kappa shape index (κ2) is 5.68. The van der Waals surface area contributed by atoms with Gasteiger partial charge in [0.1, 0.15) is 0 Å². The highest BCUT2D eigenvalue weighted by atomic mass is 79.9. The lowest BCUT2D eigenvalue weighted by Crippen LogP contribution is -2.22. The second-order valence-corrected chi connectivity index (χ2v) is 5.98. The number of nitriles is 1. The maximum absolute atomic E-state index is 8.89. The second-order valence-electron chi connectivity index (χ2n) is 5.07. The van der Waals surface area contributed by atoms with Crippen molar-refractivity contribution in [1.82, 2.24) is 0 Å². The largest absolute Gasteiger partial charge is 0.364 e. The molecule has 0 aromatic heterocycles. The van der Waals surface area contributed by atoms with Crippen molar-refractivity contribution in [2.24, 2.45) is 0 Å². The predicted molar refractivity (Wildman–Crippen MR) is 84.6 cm³/mol. The quantitative estimate of drug-likeness (QED) is 0.802. The number of benzene rings is 2. The summed E-state index contributed by atoms with van der Waals surface area (Å²) in [4.78, 5) is 2.43. The molecule has 20 heavy (non-hydrogen) atoms. The van der Waals surface area contributed by atoms with Gasteiger partial charge in [-0.15, -0.1) is 0 Å². The van der Waals surface area contributed by atoms with Crippen molar-refractivity contribution in [2.75, 3.05) is 11.4 Å². The van der Waals surface area contributed by atoms with Crippen LogP contribution in [-0.4, -0.2) is 6.54 Å². The van der Waals surface area contributed by atoms with E-state index in [1.807, 2.05) is 12.1 Å². The molecule has 1 aliphatic heterocycles. The van der Waals surface area contributed by atoms with Crippen molar-refractivity contribution in [3.05, 3.63) is 64.1 Å². The van der Waals surface area contributed by atoms with Crippen LogP contribution in [0.5, 0.6) is 0 Å². The van der Waals surface area contributed by atoms with Crippen LogP contribution in [-0.2, 0) is 0 Å². The summed E-state index contributed by atoms with van der Waals surface area (Å²) in [7, 11) is 0. The first-order valence-electron chi connectivity index (χ1n) is 6.80. The molecule has 2 nitrogen and oxygen atoms in total. The summed E-state index contributed by atoms with van der Waals surface area (Å²) in [5.41, 5.74) is 3.26. The molecule has 0 aliphatic carbocycles. The fraction of sp³-hybridized carbons (Fsp3) is 0.235. The monoisotopic (exact) mass is 326 g/mol. The van der Waals surface area contributed by atoms with E-state index >= 15 is 0 Å². The molecule has 3 rings (SSSR count). The van der Waals surface area contributed by atoms with E-state index in [9.17, 15) is 0 Å². The van der Waals surface area contributed by atoms with Gasteiger partial charge in [0.25, 0.3) is 0 Å². The molecule has 1 unspecified atom stereocenters. The van der Waals surface area contributed by atoms with Crippen molar-refractivity contribution < 1.29 is 0 Å². The van der Waals surface area contributed by atoms with Crippen LogP contribution in [0.4, 0.5) is 5.69 Å². The molecule has 0 bridgehead atoms. The molecule has 1 fully saturated rings. The summed E-state index contributed by atoms with van der Waals surface area (Å²) in [5.74, 6) is 0. The lowest BCUT2D eigenvalue weighted by atomic mass is 10.0. The summed E-state index contributed by atoms with van der Waals surface area (Å²) in [5, 5.41) is 8.89. The van der Waals surface area contributed by atoms with Gasteiger partial charge in [-0.25, -0.2) is 0 Å². The minimum absolute atomic E-state index is 0.431. The Morgan fingerprint density at radius 3 is 2.65 bits per heavy atom. The Bertz CT molecular complexity index is 643. The van der Waals surface area contributed by atoms with Gasteiger partial charge in [-0.2, -0.15) is 5.26 Å². The van der Waals surface area contributed by atoms with Crippen molar-refractivity contribution in [3.8, 4) is 6.07 Å². The Morgan fingerprint density at radius 2 is 1.95 bits per heavy atom. The molecule has 2 aromatic carbocycles. The molecular formula is C17H15BrN2. The average molecular weight is 327 g/mol. The van der Waals surface area contributed by atoms with Crippen molar-refractivity contribution in [2.45, 2.75) is 18.9 Å². The van der Waals surface area contributed by atoms with Gasteiger partial charge in [0.2, 0.25) is 0 Å². The van der Waals surface area contributed by atoms with Crippen LogP contribution in [0.1, 0.15) is 30.0 Å². The molecule has 1 aliphatic rings. The van der Waals surface area contributed by atoms with E-state index in [-0.39, 0.29) is 0 Å². The lowest BCUT2D eigenvalue weighted by Gasteiger charge is -2.27. The van der Waals surface area contributed by atoms with E-state index in [1.165, 1.54) is 24.1 Å². The summed E-state index contributed by atoms with van der Waals surface area (Å²) < 4.78 is 1.13. The van der Waals surface area contributed by atoms with Gasteiger partial charge in [0, 0.05) is 16.7 Å². The Balaban J connectivity index is 1.90. The van der Waals surface area contributed by atoms with Crippen LogP contribution >= 0.6 is 15.9 Å². The van der Waals surface area contributed by atoms with E-state index in [0.29, 0.717) is 11.6 Å². The molecule has 3 heteroatoms. The summed E-state index contributed by atoms with van der Waals surface area (Å²) in [6, 6.07) is 19.0. The van der Waals surface area contributed by atoms with Crippen molar-refractivity contribution in [1.29, 1.82) is 5.26 Å². The minimum Gasteiger partial charge on any atom is -0.364 e. The third-order valence-electron chi connectivity index (χ3n) is 3.81. The van der Waals surface area contributed by atoms with Crippen LogP contribution in [0.2, 0.25) is 0 Å². The summed E-state index contributed by atoms with van der Waals surface area (Å²) in [6.45, 7) is 1.07. The topological polar surface area (TPSA) is 27.0 Å². The lowest BCUT2D eigenvalue weighted by molar-refractivity contribution is 0.719. The van der Waals surface area contributed by atoms with E-state index in [0.717, 1.165) is 11.0 Å². The average Bonchev–Trinajstić information content (AvgIpc) is 2.97. The zero-order valence-electron chi connectivity index (χ0n) is 11.1. The first-order valence-corrected chi connectivity index (χ1v) is 7.59. The highest BCUT2D eigenvalue weighted by Crippen LogP contribution is 2.36. The van der Waals surface area contributed by atoms with Gasteiger partial charge >= 0.3 is 0 Å². The molecule has 0 radical (unpaired) electrons. The molecular weight excluding hydrogens is 312 g/mol. The summed E-state index contributed by atoms with van der Waals surface area (Å²) in [6.07, 6.45) is 2.38. The number of hydrogen-bond donors (Lipinski definition) is 0. The van der Waals surface area contributed by atoms with Crippen LogP contribution in [0.3, 0.4) is 0 Å². The van der Waals surface area contributed by atoms with Crippen LogP contribution < -0.4 is 4.90 Å². The molecule has 2 aromatic rings. The fourth-order valence-corrected chi connectivity index (χ4v) is 3.28. The maximum Gasteiger partial charge on any atom is 0.0991 e.